The van der Waals surface area contributed by atoms with Crippen LogP contribution in [-0.2, 0) is 14.4 Å². The van der Waals surface area contributed by atoms with Gasteiger partial charge in [-0.15, -0.1) is 0 Å². The zero-order chi connectivity index (χ0) is 20.8. The lowest BCUT2D eigenvalue weighted by Gasteiger charge is -2.26. The summed E-state index contributed by atoms with van der Waals surface area (Å²) in [6.45, 7) is 3.90. The molecule has 0 aliphatic carbocycles. The fourth-order valence-electron chi connectivity index (χ4n) is 2.39. The van der Waals surface area contributed by atoms with Crippen molar-refractivity contribution >= 4 is 24.2 Å². The van der Waals surface area contributed by atoms with Crippen LogP contribution in [0.15, 0.2) is 4.99 Å². The highest BCUT2D eigenvalue weighted by Crippen LogP contribution is 2.07. The van der Waals surface area contributed by atoms with Crippen LogP contribution in [0.2, 0.25) is 0 Å². The first-order valence-corrected chi connectivity index (χ1v) is 8.95. The van der Waals surface area contributed by atoms with E-state index in [2.05, 4.69) is 20.9 Å². The molecule has 11 heteroatoms. The lowest BCUT2D eigenvalue weighted by Crippen LogP contribution is -2.55. The van der Waals surface area contributed by atoms with Crippen molar-refractivity contribution in [3.8, 4) is 0 Å². The Morgan fingerprint density at radius 2 is 1.93 bits per heavy atom. The summed E-state index contributed by atoms with van der Waals surface area (Å²) in [5.74, 6) is -1.05. The smallest absolute Gasteiger partial charge is 0.243 e. The molecule has 0 aromatic heterocycles. The predicted molar refractivity (Wildman–Crippen MR) is 102 cm³/mol. The van der Waals surface area contributed by atoms with Crippen LogP contribution < -0.4 is 33.2 Å². The average Bonchev–Trinajstić information content (AvgIpc) is 2.62. The highest BCUT2D eigenvalue weighted by Gasteiger charge is 2.26. The summed E-state index contributed by atoms with van der Waals surface area (Å²) in [5.41, 5.74) is 15.8. The number of nitrogens with one attached hydrogen (secondary N) is 3. The fourth-order valence-corrected chi connectivity index (χ4v) is 2.39. The number of aliphatic imine (C=N–C) groups is 1. The van der Waals surface area contributed by atoms with E-state index < -0.39 is 29.9 Å². The number of amides is 3. The molecule has 0 fully saturated rings. The average molecular weight is 387 g/mol. The van der Waals surface area contributed by atoms with Crippen molar-refractivity contribution in [3.05, 3.63) is 0 Å². The summed E-state index contributed by atoms with van der Waals surface area (Å²) in [5, 5.41) is 17.6. The quantitative estimate of drug-likeness (QED) is 0.0677. The van der Waals surface area contributed by atoms with Crippen LogP contribution in [0.3, 0.4) is 0 Å². The summed E-state index contributed by atoms with van der Waals surface area (Å²) < 4.78 is 0. The van der Waals surface area contributed by atoms with Crippen molar-refractivity contribution in [2.75, 3.05) is 19.7 Å². The van der Waals surface area contributed by atoms with E-state index in [1.807, 2.05) is 13.8 Å². The Hall–Kier alpha value is -2.40. The predicted octanol–water partition coefficient (Wildman–Crippen LogP) is -2.88. The highest BCUT2D eigenvalue weighted by atomic mass is 16.3. The van der Waals surface area contributed by atoms with Crippen molar-refractivity contribution in [1.82, 2.24) is 16.0 Å². The lowest BCUT2D eigenvalue weighted by atomic mass is 9.98. The minimum atomic E-state index is -0.701. The van der Waals surface area contributed by atoms with Gasteiger partial charge in [-0.1, -0.05) is 20.3 Å². The van der Waals surface area contributed by atoms with E-state index in [0.717, 1.165) is 0 Å². The molecular weight excluding hydrogens is 354 g/mol. The van der Waals surface area contributed by atoms with Crippen molar-refractivity contribution in [3.63, 3.8) is 0 Å². The molecule has 4 unspecified atom stereocenters. The first-order chi connectivity index (χ1) is 12.8. The van der Waals surface area contributed by atoms with Crippen LogP contribution in [0.1, 0.15) is 33.1 Å². The van der Waals surface area contributed by atoms with Gasteiger partial charge in [0.2, 0.25) is 18.2 Å². The monoisotopic (exact) mass is 387 g/mol. The van der Waals surface area contributed by atoms with E-state index >= 15 is 0 Å². The Balaban J connectivity index is 4.65. The molecule has 0 aromatic carbocycles. The highest BCUT2D eigenvalue weighted by molar-refractivity contribution is 5.84. The minimum absolute atomic E-state index is 0.0264. The number of hydrogen-bond acceptors (Lipinski definition) is 6. The number of rotatable bonds is 15. The molecule has 0 bridgehead atoms. The number of nitrogens with zero attached hydrogens (tertiary/aromatic N) is 1. The molecule has 27 heavy (non-hydrogen) atoms. The fraction of sp³-hybridized carbons (Fsp3) is 0.750. The van der Waals surface area contributed by atoms with Crippen molar-refractivity contribution in [1.29, 1.82) is 0 Å². The molecule has 0 heterocycles. The van der Waals surface area contributed by atoms with Crippen LogP contribution in [0.25, 0.3) is 0 Å². The standard InChI is InChI=1S/C16H33N7O4/c1-3-10(2)13(22-9-25)15(27)23-11(8-24)7-21-12(14(17)26)5-4-6-20-16(18)19/h9-13,21,24H,3-8H2,1-2H3,(H2,17,26)(H,22,25)(H,23,27)(H4,18,19,20). The van der Waals surface area contributed by atoms with Gasteiger partial charge in [-0.25, -0.2) is 0 Å². The molecule has 0 radical (unpaired) electrons. The van der Waals surface area contributed by atoms with Crippen molar-refractivity contribution < 1.29 is 19.5 Å². The zero-order valence-corrected chi connectivity index (χ0v) is 16.0. The largest absolute Gasteiger partial charge is 0.394 e. The van der Waals surface area contributed by atoms with Gasteiger partial charge in [0.1, 0.15) is 6.04 Å². The first-order valence-electron chi connectivity index (χ1n) is 8.95. The number of nitrogens with two attached hydrogens (primary N) is 3. The van der Waals surface area contributed by atoms with Gasteiger partial charge in [0.15, 0.2) is 5.96 Å². The van der Waals surface area contributed by atoms with Crippen molar-refractivity contribution in [2.24, 2.45) is 28.1 Å². The number of carbonyl (C=O) groups excluding carboxylic acids is 3. The summed E-state index contributed by atoms with van der Waals surface area (Å²) >= 11 is 0. The molecule has 0 saturated carbocycles. The third kappa shape index (κ3) is 10.4. The maximum absolute atomic E-state index is 12.4. The minimum Gasteiger partial charge on any atom is -0.394 e. The van der Waals surface area contributed by atoms with E-state index in [1.54, 1.807) is 0 Å². The molecule has 156 valence electrons. The summed E-state index contributed by atoms with van der Waals surface area (Å²) in [7, 11) is 0. The second-order valence-corrected chi connectivity index (χ2v) is 6.35. The normalized spacial score (nSPS) is 15.1. The molecular formula is C16H33N7O4. The van der Waals surface area contributed by atoms with E-state index in [-0.39, 0.29) is 25.0 Å². The summed E-state index contributed by atoms with van der Waals surface area (Å²) in [6.07, 6.45) is 2.11. The maximum Gasteiger partial charge on any atom is 0.243 e. The van der Waals surface area contributed by atoms with Crippen LogP contribution in [-0.4, -0.2) is 67.1 Å². The molecule has 4 atom stereocenters. The molecule has 11 nitrogen and oxygen atoms in total. The molecule has 0 aliphatic heterocycles. The number of guanidine groups is 1. The van der Waals surface area contributed by atoms with Crippen LogP contribution >= 0.6 is 0 Å². The molecule has 3 amide bonds. The number of carbonyl (C=O) groups is 3. The van der Waals surface area contributed by atoms with Gasteiger partial charge in [0.25, 0.3) is 0 Å². The molecule has 0 saturated heterocycles. The molecule has 0 spiro atoms. The van der Waals surface area contributed by atoms with E-state index in [9.17, 15) is 19.5 Å². The van der Waals surface area contributed by atoms with Gasteiger partial charge in [-0.2, -0.15) is 0 Å². The van der Waals surface area contributed by atoms with E-state index in [4.69, 9.17) is 17.2 Å². The zero-order valence-electron chi connectivity index (χ0n) is 16.0. The molecule has 0 aromatic rings. The van der Waals surface area contributed by atoms with Gasteiger partial charge >= 0.3 is 0 Å². The van der Waals surface area contributed by atoms with Gasteiger partial charge in [0, 0.05) is 13.1 Å². The lowest BCUT2D eigenvalue weighted by molar-refractivity contribution is -0.127. The van der Waals surface area contributed by atoms with Gasteiger partial charge in [0.05, 0.1) is 18.7 Å². The third-order valence-corrected chi connectivity index (χ3v) is 4.21. The third-order valence-electron chi connectivity index (χ3n) is 4.21. The van der Waals surface area contributed by atoms with Crippen LogP contribution in [0.4, 0.5) is 0 Å². The SMILES string of the molecule is CCC(C)C(NC=O)C(=O)NC(CO)CNC(CCCN=C(N)N)C(N)=O. The van der Waals surface area contributed by atoms with Crippen LogP contribution in [0, 0.1) is 5.92 Å². The van der Waals surface area contributed by atoms with Crippen molar-refractivity contribution in [2.45, 2.75) is 51.2 Å². The number of aliphatic hydroxyl groups is 1. The van der Waals surface area contributed by atoms with Gasteiger partial charge < -0.3 is 38.3 Å². The van der Waals surface area contributed by atoms with E-state index in [0.29, 0.717) is 32.2 Å². The van der Waals surface area contributed by atoms with Gasteiger partial charge in [-0.3, -0.25) is 19.4 Å². The Morgan fingerprint density at radius 3 is 2.41 bits per heavy atom. The Bertz CT molecular complexity index is 497. The molecule has 0 aliphatic rings. The number of aliphatic hydroxyl groups excluding tert-OH is 1. The van der Waals surface area contributed by atoms with Gasteiger partial charge in [-0.05, 0) is 18.8 Å². The number of primary amides is 1. The molecule has 10 N–H and O–H groups in total. The topological polar surface area (TPSA) is 198 Å². The van der Waals surface area contributed by atoms with Crippen LogP contribution in [0.5, 0.6) is 0 Å². The Kier molecular flexibility index (Phi) is 12.5. The summed E-state index contributed by atoms with van der Waals surface area (Å²) in [4.78, 5) is 38.5. The first kappa shape index (κ1) is 24.6. The second kappa shape index (κ2) is 13.8. The molecule has 0 rings (SSSR count). The van der Waals surface area contributed by atoms with E-state index in [1.165, 1.54) is 0 Å². The second-order valence-electron chi connectivity index (χ2n) is 6.35. The Morgan fingerprint density at radius 1 is 1.26 bits per heavy atom. The number of hydrogen-bond donors (Lipinski definition) is 7. The Labute approximate surface area is 159 Å². The maximum atomic E-state index is 12.4. The summed E-state index contributed by atoms with van der Waals surface area (Å²) in [6, 6.07) is -1.99.